The maximum atomic E-state index is 6.34. The number of hydrogen-bond acceptors (Lipinski definition) is 4. The summed E-state index contributed by atoms with van der Waals surface area (Å²) in [6.45, 7) is 16.7. The minimum absolute atomic E-state index is 0.0855. The van der Waals surface area contributed by atoms with Crippen molar-refractivity contribution in [2.24, 2.45) is 0 Å². The predicted molar refractivity (Wildman–Crippen MR) is 101 cm³/mol. The number of nitrogens with zero attached hydrogens (tertiary/aromatic N) is 1. The summed E-state index contributed by atoms with van der Waals surface area (Å²) in [7, 11) is 1.82. The Bertz CT molecular complexity index is 581. The van der Waals surface area contributed by atoms with Gasteiger partial charge >= 0.3 is 0 Å². The summed E-state index contributed by atoms with van der Waals surface area (Å²) in [5.41, 5.74) is 9.00. The molecule has 1 heterocycles. The van der Waals surface area contributed by atoms with Gasteiger partial charge in [0.05, 0.1) is 11.4 Å². The quantitative estimate of drug-likeness (QED) is 0.618. The molecule has 1 aliphatic heterocycles. The molecule has 1 aliphatic rings. The van der Waals surface area contributed by atoms with Gasteiger partial charge in [0.2, 0.25) is 0 Å². The van der Waals surface area contributed by atoms with Crippen LogP contribution in [0.25, 0.3) is 0 Å². The highest BCUT2D eigenvalue weighted by Gasteiger charge is 2.25. The maximum Gasteiger partial charge on any atom is 0.123 e. The van der Waals surface area contributed by atoms with Gasteiger partial charge in [-0.2, -0.15) is 0 Å². The molecule has 0 spiro atoms. The highest BCUT2D eigenvalue weighted by Crippen LogP contribution is 2.32. The van der Waals surface area contributed by atoms with Gasteiger partial charge in [-0.3, -0.25) is 0 Å². The Kier molecular flexibility index (Phi) is 5.94. The number of para-hydroxylation sites is 1. The number of hydrazine groups is 1. The first-order chi connectivity index (χ1) is 11.3. The first-order valence-electron chi connectivity index (χ1n) is 8.65. The SMILES string of the molecule is C=C(NNC)C(=C)N1CCC(Oc2ccccc2C(C)(C)C)CC1. The smallest absolute Gasteiger partial charge is 0.123 e. The molecule has 1 aromatic carbocycles. The Morgan fingerprint density at radius 3 is 2.38 bits per heavy atom. The van der Waals surface area contributed by atoms with E-state index in [4.69, 9.17) is 4.74 Å². The molecule has 2 rings (SSSR count). The van der Waals surface area contributed by atoms with Crippen LogP contribution < -0.4 is 15.6 Å². The summed E-state index contributed by atoms with van der Waals surface area (Å²) < 4.78 is 6.34. The second kappa shape index (κ2) is 7.75. The molecule has 0 radical (unpaired) electrons. The number of likely N-dealkylation sites (tertiary alicyclic amines) is 1. The molecule has 0 unspecified atom stereocenters. The zero-order valence-electron chi connectivity index (χ0n) is 15.5. The average Bonchev–Trinajstić information content (AvgIpc) is 2.54. The van der Waals surface area contributed by atoms with Crippen LogP contribution in [0.3, 0.4) is 0 Å². The van der Waals surface area contributed by atoms with E-state index in [0.717, 1.165) is 43.1 Å². The highest BCUT2D eigenvalue weighted by molar-refractivity contribution is 5.38. The molecule has 0 amide bonds. The van der Waals surface area contributed by atoms with Crippen LogP contribution in [-0.4, -0.2) is 31.1 Å². The largest absolute Gasteiger partial charge is 0.490 e. The van der Waals surface area contributed by atoms with Crippen molar-refractivity contribution in [2.75, 3.05) is 20.1 Å². The summed E-state index contributed by atoms with van der Waals surface area (Å²) >= 11 is 0. The molecule has 0 bridgehead atoms. The van der Waals surface area contributed by atoms with Crippen LogP contribution in [0.5, 0.6) is 5.75 Å². The van der Waals surface area contributed by atoms with Crippen molar-refractivity contribution in [3.05, 3.63) is 54.4 Å². The van der Waals surface area contributed by atoms with E-state index in [1.54, 1.807) is 0 Å². The maximum absolute atomic E-state index is 6.34. The van der Waals surface area contributed by atoms with Crippen LogP contribution in [0.1, 0.15) is 39.2 Å². The van der Waals surface area contributed by atoms with E-state index in [1.165, 1.54) is 5.56 Å². The molecule has 132 valence electrons. The second-order valence-corrected chi connectivity index (χ2v) is 7.35. The summed E-state index contributed by atoms with van der Waals surface area (Å²) in [5.74, 6) is 1.02. The zero-order chi connectivity index (χ0) is 17.7. The van der Waals surface area contributed by atoms with Gasteiger partial charge in [0.15, 0.2) is 0 Å². The molecule has 1 fully saturated rings. The van der Waals surface area contributed by atoms with Gasteiger partial charge in [-0.1, -0.05) is 52.1 Å². The van der Waals surface area contributed by atoms with Gasteiger partial charge in [-0.25, -0.2) is 5.43 Å². The van der Waals surface area contributed by atoms with Crippen molar-refractivity contribution in [3.63, 3.8) is 0 Å². The molecule has 1 saturated heterocycles. The summed E-state index contributed by atoms with van der Waals surface area (Å²) in [6, 6.07) is 8.39. The van der Waals surface area contributed by atoms with Crippen molar-refractivity contribution in [1.82, 2.24) is 15.8 Å². The van der Waals surface area contributed by atoms with Crippen LogP contribution >= 0.6 is 0 Å². The molecular weight excluding hydrogens is 298 g/mol. The van der Waals surface area contributed by atoms with Crippen molar-refractivity contribution >= 4 is 0 Å². The fourth-order valence-corrected chi connectivity index (χ4v) is 3.03. The van der Waals surface area contributed by atoms with Crippen molar-refractivity contribution in [1.29, 1.82) is 0 Å². The number of hydrogen-bond donors (Lipinski definition) is 2. The Morgan fingerprint density at radius 1 is 1.17 bits per heavy atom. The van der Waals surface area contributed by atoms with Gasteiger partial charge < -0.3 is 15.1 Å². The van der Waals surface area contributed by atoms with Gasteiger partial charge in [0.25, 0.3) is 0 Å². The van der Waals surface area contributed by atoms with Crippen LogP contribution in [0, 0.1) is 0 Å². The fourth-order valence-electron chi connectivity index (χ4n) is 3.03. The molecule has 24 heavy (non-hydrogen) atoms. The number of benzene rings is 1. The van der Waals surface area contributed by atoms with E-state index in [0.29, 0.717) is 0 Å². The zero-order valence-corrected chi connectivity index (χ0v) is 15.5. The number of nitrogens with one attached hydrogen (secondary N) is 2. The fraction of sp³-hybridized carbons (Fsp3) is 0.500. The van der Waals surface area contributed by atoms with Crippen LogP contribution in [-0.2, 0) is 5.41 Å². The third kappa shape index (κ3) is 4.54. The van der Waals surface area contributed by atoms with Gasteiger partial charge in [-0.15, -0.1) is 0 Å². The average molecular weight is 329 g/mol. The highest BCUT2D eigenvalue weighted by atomic mass is 16.5. The van der Waals surface area contributed by atoms with Crippen molar-refractivity contribution < 1.29 is 4.74 Å². The lowest BCUT2D eigenvalue weighted by Gasteiger charge is -2.36. The molecule has 1 aromatic rings. The summed E-state index contributed by atoms with van der Waals surface area (Å²) in [6.07, 6.45) is 2.23. The van der Waals surface area contributed by atoms with Crippen molar-refractivity contribution in [2.45, 2.75) is 45.1 Å². The minimum Gasteiger partial charge on any atom is -0.490 e. The molecule has 0 atom stereocenters. The Morgan fingerprint density at radius 2 is 1.79 bits per heavy atom. The molecule has 0 aromatic heterocycles. The second-order valence-electron chi connectivity index (χ2n) is 7.35. The Hall–Kier alpha value is -1.94. The van der Waals surface area contributed by atoms with Gasteiger partial charge in [0, 0.05) is 33.0 Å². The third-order valence-electron chi connectivity index (χ3n) is 4.44. The van der Waals surface area contributed by atoms with Crippen LogP contribution in [0.2, 0.25) is 0 Å². The molecule has 2 N–H and O–H groups in total. The molecule has 0 saturated carbocycles. The minimum atomic E-state index is 0.0855. The molecular formula is C20H31N3O. The lowest BCUT2D eigenvalue weighted by molar-refractivity contribution is 0.116. The van der Waals surface area contributed by atoms with E-state index in [-0.39, 0.29) is 11.5 Å². The number of rotatable bonds is 6. The normalized spacial score (nSPS) is 15.9. The molecule has 0 aliphatic carbocycles. The molecule has 4 heteroatoms. The molecule has 4 nitrogen and oxygen atoms in total. The van der Waals surface area contributed by atoms with E-state index >= 15 is 0 Å². The van der Waals surface area contributed by atoms with Gasteiger partial charge in [0.1, 0.15) is 11.9 Å². The lowest BCUT2D eigenvalue weighted by atomic mass is 9.86. The van der Waals surface area contributed by atoms with E-state index < -0.39 is 0 Å². The Labute approximate surface area is 146 Å². The monoisotopic (exact) mass is 329 g/mol. The first kappa shape index (κ1) is 18.4. The standard InChI is InChI=1S/C20H31N3O/c1-15(22-21-6)16(2)23-13-11-17(12-14-23)24-19-10-8-7-9-18(19)20(3,4)5/h7-10,17,21-22H,1-2,11-14H2,3-6H3. The van der Waals surface area contributed by atoms with E-state index in [2.05, 4.69) is 73.9 Å². The van der Waals surface area contributed by atoms with E-state index in [9.17, 15) is 0 Å². The van der Waals surface area contributed by atoms with Crippen LogP contribution in [0.15, 0.2) is 48.8 Å². The summed E-state index contributed by atoms with van der Waals surface area (Å²) in [4.78, 5) is 2.27. The lowest BCUT2D eigenvalue weighted by Crippen LogP contribution is -2.40. The number of ether oxygens (including phenoxy) is 1. The van der Waals surface area contributed by atoms with Crippen molar-refractivity contribution in [3.8, 4) is 5.75 Å². The first-order valence-corrected chi connectivity index (χ1v) is 8.65. The van der Waals surface area contributed by atoms with Crippen LogP contribution in [0.4, 0.5) is 0 Å². The van der Waals surface area contributed by atoms with Gasteiger partial charge in [-0.05, 0) is 17.0 Å². The predicted octanol–water partition coefficient (Wildman–Crippen LogP) is 3.58. The third-order valence-corrected chi connectivity index (χ3v) is 4.44. The number of piperidine rings is 1. The Balaban J connectivity index is 1.95. The summed E-state index contributed by atoms with van der Waals surface area (Å²) in [5, 5.41) is 0. The van der Waals surface area contributed by atoms with E-state index in [1.807, 2.05) is 7.05 Å². The topological polar surface area (TPSA) is 36.5 Å².